The number of benzene rings is 1. The van der Waals surface area contributed by atoms with Crippen molar-refractivity contribution >= 4 is 17.2 Å². The minimum atomic E-state index is 0.0398. The number of carbonyl (C=O) groups is 1. The Labute approximate surface area is 159 Å². The van der Waals surface area contributed by atoms with E-state index in [0.29, 0.717) is 13.1 Å². The zero-order valence-corrected chi connectivity index (χ0v) is 15.8. The SMILES string of the molecule is Cc1cccc(OCC(=O)N2CCN(c3cn4ccnc4cc3C)CC2)c1. The third kappa shape index (κ3) is 3.74. The predicted octanol–water partition coefficient (Wildman–Crippen LogP) is 2.68. The van der Waals surface area contributed by atoms with Crippen molar-refractivity contribution in [3.8, 4) is 5.75 Å². The van der Waals surface area contributed by atoms with Crippen LogP contribution in [0.15, 0.2) is 48.9 Å². The van der Waals surface area contributed by atoms with E-state index in [1.165, 1.54) is 11.3 Å². The van der Waals surface area contributed by atoms with E-state index < -0.39 is 0 Å². The van der Waals surface area contributed by atoms with Gasteiger partial charge in [0.25, 0.3) is 5.91 Å². The normalized spacial score (nSPS) is 14.6. The van der Waals surface area contributed by atoms with Crippen LogP contribution in [0.4, 0.5) is 5.69 Å². The first kappa shape index (κ1) is 17.4. The zero-order valence-electron chi connectivity index (χ0n) is 15.8. The van der Waals surface area contributed by atoms with Gasteiger partial charge in [-0.3, -0.25) is 4.79 Å². The lowest BCUT2D eigenvalue weighted by molar-refractivity contribution is -0.133. The average molecular weight is 364 g/mol. The number of fused-ring (bicyclic) bond motifs is 1. The fourth-order valence-corrected chi connectivity index (χ4v) is 3.52. The second-order valence-corrected chi connectivity index (χ2v) is 7.01. The fraction of sp³-hybridized carbons (Fsp3) is 0.333. The van der Waals surface area contributed by atoms with Crippen LogP contribution in [0.5, 0.6) is 5.75 Å². The van der Waals surface area contributed by atoms with Crippen LogP contribution >= 0.6 is 0 Å². The molecule has 2 aromatic heterocycles. The fourth-order valence-electron chi connectivity index (χ4n) is 3.52. The third-order valence-electron chi connectivity index (χ3n) is 5.03. The van der Waals surface area contributed by atoms with Crippen molar-refractivity contribution < 1.29 is 9.53 Å². The summed E-state index contributed by atoms with van der Waals surface area (Å²) in [6.07, 6.45) is 5.89. The summed E-state index contributed by atoms with van der Waals surface area (Å²) in [5, 5.41) is 0. The first-order chi connectivity index (χ1) is 13.1. The predicted molar refractivity (Wildman–Crippen MR) is 105 cm³/mol. The maximum atomic E-state index is 12.5. The summed E-state index contributed by atoms with van der Waals surface area (Å²) >= 11 is 0. The maximum Gasteiger partial charge on any atom is 0.260 e. The van der Waals surface area contributed by atoms with Gasteiger partial charge in [0.05, 0.1) is 5.69 Å². The van der Waals surface area contributed by atoms with Gasteiger partial charge in [-0.1, -0.05) is 12.1 Å². The van der Waals surface area contributed by atoms with E-state index in [0.717, 1.165) is 30.0 Å². The van der Waals surface area contributed by atoms with Crippen molar-refractivity contribution in [2.75, 3.05) is 37.7 Å². The molecule has 0 spiro atoms. The Kier molecular flexibility index (Phi) is 4.71. The second kappa shape index (κ2) is 7.31. The lowest BCUT2D eigenvalue weighted by Gasteiger charge is -2.36. The average Bonchev–Trinajstić information content (AvgIpc) is 3.13. The summed E-state index contributed by atoms with van der Waals surface area (Å²) in [6.45, 7) is 7.25. The maximum absolute atomic E-state index is 12.5. The molecule has 0 saturated carbocycles. The summed E-state index contributed by atoms with van der Waals surface area (Å²) in [5.74, 6) is 0.782. The number of hydrogen-bond acceptors (Lipinski definition) is 4. The van der Waals surface area contributed by atoms with Crippen molar-refractivity contribution in [2.24, 2.45) is 0 Å². The highest BCUT2D eigenvalue weighted by atomic mass is 16.5. The minimum Gasteiger partial charge on any atom is -0.484 e. The summed E-state index contributed by atoms with van der Waals surface area (Å²) in [5.41, 5.74) is 4.48. The van der Waals surface area contributed by atoms with E-state index >= 15 is 0 Å². The van der Waals surface area contributed by atoms with E-state index in [1.54, 1.807) is 0 Å². The summed E-state index contributed by atoms with van der Waals surface area (Å²) in [7, 11) is 0. The molecule has 0 aliphatic carbocycles. The quantitative estimate of drug-likeness (QED) is 0.714. The van der Waals surface area contributed by atoms with Gasteiger partial charge in [-0.25, -0.2) is 4.98 Å². The lowest BCUT2D eigenvalue weighted by Crippen LogP contribution is -2.50. The molecule has 1 fully saturated rings. The van der Waals surface area contributed by atoms with Crippen molar-refractivity contribution in [3.63, 3.8) is 0 Å². The van der Waals surface area contributed by atoms with Gasteiger partial charge in [0.2, 0.25) is 0 Å². The number of rotatable bonds is 4. The Hall–Kier alpha value is -3.02. The molecule has 0 radical (unpaired) electrons. The molecule has 1 aliphatic rings. The molecule has 27 heavy (non-hydrogen) atoms. The Morgan fingerprint density at radius 2 is 1.96 bits per heavy atom. The number of aromatic nitrogens is 2. The van der Waals surface area contributed by atoms with Gasteiger partial charge in [0.15, 0.2) is 6.61 Å². The van der Waals surface area contributed by atoms with E-state index in [9.17, 15) is 4.79 Å². The summed E-state index contributed by atoms with van der Waals surface area (Å²) in [6, 6.07) is 9.88. The van der Waals surface area contributed by atoms with Gasteiger partial charge in [-0.15, -0.1) is 0 Å². The zero-order chi connectivity index (χ0) is 18.8. The standard InChI is InChI=1S/C21H24N4O2/c1-16-4-3-5-18(12-16)27-15-21(26)24-10-8-23(9-11-24)19-14-25-7-6-22-20(25)13-17(19)2/h3-7,12-14H,8-11,15H2,1-2H3. The lowest BCUT2D eigenvalue weighted by atomic mass is 10.2. The van der Waals surface area contributed by atoms with Crippen LogP contribution in [-0.4, -0.2) is 53.0 Å². The number of ether oxygens (including phenoxy) is 1. The third-order valence-corrected chi connectivity index (χ3v) is 5.03. The topological polar surface area (TPSA) is 50.1 Å². The Bertz CT molecular complexity index is 958. The number of nitrogens with zero attached hydrogens (tertiary/aromatic N) is 4. The largest absolute Gasteiger partial charge is 0.484 e. The van der Waals surface area contributed by atoms with Crippen LogP contribution in [-0.2, 0) is 4.79 Å². The molecular formula is C21H24N4O2. The van der Waals surface area contributed by atoms with Crippen molar-refractivity contribution in [3.05, 3.63) is 60.0 Å². The van der Waals surface area contributed by atoms with Crippen molar-refractivity contribution in [1.82, 2.24) is 14.3 Å². The molecule has 0 N–H and O–H groups in total. The number of hydrogen-bond donors (Lipinski definition) is 0. The van der Waals surface area contributed by atoms with Crippen LogP contribution in [0.2, 0.25) is 0 Å². The summed E-state index contributed by atoms with van der Waals surface area (Å²) in [4.78, 5) is 21.0. The Balaban J connectivity index is 1.35. The molecule has 3 aromatic rings. The molecule has 3 heterocycles. The van der Waals surface area contributed by atoms with Gasteiger partial charge >= 0.3 is 0 Å². The van der Waals surface area contributed by atoms with E-state index in [2.05, 4.69) is 29.1 Å². The van der Waals surface area contributed by atoms with Crippen LogP contribution in [0, 0.1) is 13.8 Å². The molecule has 0 bridgehead atoms. The Morgan fingerprint density at radius 3 is 2.74 bits per heavy atom. The Morgan fingerprint density at radius 1 is 1.15 bits per heavy atom. The second-order valence-electron chi connectivity index (χ2n) is 7.01. The van der Waals surface area contributed by atoms with Gasteiger partial charge < -0.3 is 18.9 Å². The van der Waals surface area contributed by atoms with E-state index in [-0.39, 0.29) is 12.5 Å². The molecule has 4 rings (SSSR count). The van der Waals surface area contributed by atoms with E-state index in [4.69, 9.17) is 4.74 Å². The number of carbonyl (C=O) groups excluding carboxylic acids is 1. The molecule has 1 aliphatic heterocycles. The highest BCUT2D eigenvalue weighted by Crippen LogP contribution is 2.23. The molecule has 6 nitrogen and oxygen atoms in total. The number of piperazine rings is 1. The monoisotopic (exact) mass is 364 g/mol. The molecule has 0 atom stereocenters. The number of anilines is 1. The van der Waals surface area contributed by atoms with Gasteiger partial charge in [0.1, 0.15) is 11.4 Å². The number of amides is 1. The molecule has 1 aromatic carbocycles. The van der Waals surface area contributed by atoms with E-state index in [1.807, 2.05) is 52.9 Å². The van der Waals surface area contributed by atoms with Gasteiger partial charge in [-0.2, -0.15) is 0 Å². The first-order valence-corrected chi connectivity index (χ1v) is 9.26. The number of imidazole rings is 1. The molecule has 6 heteroatoms. The molecular weight excluding hydrogens is 340 g/mol. The minimum absolute atomic E-state index is 0.0398. The molecule has 140 valence electrons. The number of pyridine rings is 1. The van der Waals surface area contributed by atoms with Crippen LogP contribution in [0.25, 0.3) is 5.65 Å². The number of aryl methyl sites for hydroxylation is 2. The van der Waals surface area contributed by atoms with Crippen molar-refractivity contribution in [2.45, 2.75) is 13.8 Å². The van der Waals surface area contributed by atoms with Gasteiger partial charge in [-0.05, 0) is 43.2 Å². The molecule has 1 amide bonds. The molecule has 0 unspecified atom stereocenters. The first-order valence-electron chi connectivity index (χ1n) is 9.26. The van der Waals surface area contributed by atoms with Crippen molar-refractivity contribution in [1.29, 1.82) is 0 Å². The highest BCUT2D eigenvalue weighted by molar-refractivity contribution is 5.78. The van der Waals surface area contributed by atoms with Crippen LogP contribution < -0.4 is 9.64 Å². The van der Waals surface area contributed by atoms with Crippen LogP contribution in [0.1, 0.15) is 11.1 Å². The smallest absolute Gasteiger partial charge is 0.260 e. The van der Waals surface area contributed by atoms with Crippen LogP contribution in [0.3, 0.4) is 0 Å². The van der Waals surface area contributed by atoms with Gasteiger partial charge in [0, 0.05) is 44.8 Å². The molecule has 1 saturated heterocycles. The highest BCUT2D eigenvalue weighted by Gasteiger charge is 2.22. The summed E-state index contributed by atoms with van der Waals surface area (Å²) < 4.78 is 7.69.